The zero-order valence-corrected chi connectivity index (χ0v) is 67.9. The number of allylic oxidation sites excluding steroid dienone is 1. The normalized spacial score (nSPS) is 17.0. The van der Waals surface area contributed by atoms with Gasteiger partial charge < -0.3 is 29.9 Å². The van der Waals surface area contributed by atoms with Gasteiger partial charge in [-0.1, -0.05) is 154 Å². The summed E-state index contributed by atoms with van der Waals surface area (Å²) in [6.45, 7) is 39.2. The van der Waals surface area contributed by atoms with Crippen molar-refractivity contribution < 1.29 is 49.7 Å². The van der Waals surface area contributed by atoms with Gasteiger partial charge in [0.2, 0.25) is 0 Å². The molecule has 105 heavy (non-hydrogen) atoms. The van der Waals surface area contributed by atoms with E-state index >= 15 is 0 Å². The van der Waals surface area contributed by atoms with E-state index in [4.69, 9.17) is 16.6 Å². The predicted molar refractivity (Wildman–Crippen MR) is 403 cm³/mol. The first-order valence-electron chi connectivity index (χ1n) is 36.3. The molecule has 2 fully saturated rings. The number of ether oxygens (including phenoxy) is 2. The van der Waals surface area contributed by atoms with Crippen LogP contribution in [0.3, 0.4) is 0 Å². The summed E-state index contributed by atoms with van der Waals surface area (Å²) in [6.07, 6.45) is 21.9. The van der Waals surface area contributed by atoms with E-state index in [2.05, 4.69) is 191 Å². The second kappa shape index (κ2) is 36.7. The van der Waals surface area contributed by atoms with E-state index in [1.54, 1.807) is 31.1 Å². The van der Waals surface area contributed by atoms with Crippen LogP contribution >= 0.6 is 11.6 Å². The minimum Gasteiger partial charge on any atom is -0.573 e. The Hall–Kier alpha value is -8.43. The Bertz CT molecular complexity index is 4270. The Kier molecular flexibility index (Phi) is 29.3. The minimum absolute atomic E-state index is 0. The summed E-state index contributed by atoms with van der Waals surface area (Å²) in [5.41, 5.74) is 19.7. The zero-order valence-electron chi connectivity index (χ0n) is 64.8. The van der Waals surface area contributed by atoms with Gasteiger partial charge in [0.15, 0.2) is 17.2 Å². The van der Waals surface area contributed by atoms with E-state index in [1.807, 2.05) is 41.5 Å². The van der Waals surface area contributed by atoms with Crippen LogP contribution in [-0.2, 0) is 59.0 Å². The quantitative estimate of drug-likeness (QED) is 0.0475. The summed E-state index contributed by atoms with van der Waals surface area (Å²) in [4.78, 5) is 101. The molecule has 9 heterocycles. The van der Waals surface area contributed by atoms with Gasteiger partial charge >= 0.3 is 33.0 Å². The maximum absolute atomic E-state index is 12.6. The Morgan fingerprint density at radius 3 is 1.27 bits per heavy atom. The number of carbonyl (C=O) groups is 4. The molecule has 25 heteroatoms. The number of Topliss-reactive ketones (excluding diaryl/α,β-unsaturated/α-hetero) is 2. The van der Waals surface area contributed by atoms with Gasteiger partial charge in [0.25, 0.3) is 0 Å². The van der Waals surface area contributed by atoms with Crippen LogP contribution in [0, 0.1) is 16.7 Å². The first-order chi connectivity index (χ1) is 49.2. The Labute approximate surface area is 638 Å². The van der Waals surface area contributed by atoms with E-state index in [0.29, 0.717) is 35.6 Å². The third-order valence-corrected chi connectivity index (χ3v) is 20.0. The topological polar surface area (TPSA) is 308 Å². The fourth-order valence-electron chi connectivity index (χ4n) is 13.4. The van der Waals surface area contributed by atoms with Gasteiger partial charge in [-0.25, -0.2) is 69.4 Å². The maximum Gasteiger partial charge on any atom is 2.00 e. The van der Waals surface area contributed by atoms with Gasteiger partial charge in [-0.2, -0.15) is 0 Å². The molecule has 0 bridgehead atoms. The molecular weight excluding hydrogens is 1530 g/mol. The van der Waals surface area contributed by atoms with Crippen LogP contribution in [0.5, 0.6) is 0 Å². The van der Waals surface area contributed by atoms with Crippen LogP contribution in [0.2, 0.25) is 5.15 Å². The number of carbonyl (C=O) groups excluding carboxylic acids is 4. The van der Waals surface area contributed by atoms with Gasteiger partial charge in [-0.15, -0.1) is 0 Å². The molecule has 562 valence electrons. The molecule has 13 rings (SSSR count). The van der Waals surface area contributed by atoms with Crippen molar-refractivity contribution in [1.29, 1.82) is 0 Å². The fourth-order valence-corrected chi connectivity index (χ4v) is 13.5. The summed E-state index contributed by atoms with van der Waals surface area (Å²) < 4.78 is 8.95. The van der Waals surface area contributed by atoms with Crippen LogP contribution < -0.4 is 10.2 Å². The summed E-state index contributed by atoms with van der Waals surface area (Å²) in [5.74, 6) is 0.179. The van der Waals surface area contributed by atoms with Crippen molar-refractivity contribution in [1.82, 2.24) is 80.2 Å². The third-order valence-electron chi connectivity index (χ3n) is 19.8. The number of aliphatic imine (C=N–C) groups is 1. The molecule has 23 nitrogen and oxygen atoms in total. The number of rotatable bonds is 12. The van der Waals surface area contributed by atoms with E-state index in [-0.39, 0.29) is 71.6 Å². The van der Waals surface area contributed by atoms with E-state index in [9.17, 15) is 19.2 Å². The smallest absolute Gasteiger partial charge is 0.573 e. The molecule has 0 aromatic carbocycles. The van der Waals surface area contributed by atoms with Crippen LogP contribution in [0.1, 0.15) is 307 Å². The van der Waals surface area contributed by atoms with Crippen LogP contribution in [-0.4, -0.2) is 120 Å². The Balaban J connectivity index is 0.000000178. The average Bonchev–Trinajstić information content (AvgIpc) is 1.56. The number of nitrogens with zero attached hydrogens (tertiary/aromatic N) is 17. The molecule has 5 aliphatic rings. The van der Waals surface area contributed by atoms with E-state index in [0.717, 1.165) is 107 Å². The largest absolute Gasteiger partial charge is 2.00 e. The number of halogens is 1. The minimum atomic E-state index is -0.534. The predicted octanol–water partition coefficient (Wildman–Crippen LogP) is 16.0. The maximum atomic E-state index is 12.6. The van der Waals surface area contributed by atoms with Crippen LogP contribution in [0.25, 0.3) is 28.3 Å². The summed E-state index contributed by atoms with van der Waals surface area (Å²) in [6, 6.07) is 11.0. The first kappa shape index (κ1) is 83.8. The van der Waals surface area contributed by atoms with Crippen molar-refractivity contribution >= 4 is 46.4 Å². The number of aromatic nitrogens is 16. The van der Waals surface area contributed by atoms with E-state index < -0.39 is 23.3 Å². The molecular formula is C80H104ClN17O6Pt. The molecule has 0 amide bonds. The second-order valence-corrected chi connectivity index (χ2v) is 31.7. The Morgan fingerprint density at radius 1 is 0.448 bits per heavy atom. The van der Waals surface area contributed by atoms with Crippen molar-refractivity contribution in [2.45, 2.75) is 242 Å². The molecule has 0 saturated heterocycles. The van der Waals surface area contributed by atoms with Crippen molar-refractivity contribution in [2.75, 3.05) is 20.8 Å². The van der Waals surface area contributed by atoms with E-state index in [1.165, 1.54) is 106 Å². The van der Waals surface area contributed by atoms with Gasteiger partial charge in [-0.3, -0.25) is 14.6 Å². The van der Waals surface area contributed by atoms with Crippen molar-refractivity contribution in [3.63, 3.8) is 0 Å². The van der Waals surface area contributed by atoms with Gasteiger partial charge in [0.05, 0.1) is 43.8 Å². The fraction of sp³-hybridized carbons (Fsp3) is 0.537. The van der Waals surface area contributed by atoms with Crippen LogP contribution in [0.15, 0.2) is 84.9 Å². The van der Waals surface area contributed by atoms with Gasteiger partial charge in [0, 0.05) is 78.9 Å². The molecule has 0 N–H and O–H groups in total. The number of methoxy groups -OCH3 is 2. The molecule has 0 radical (unpaired) electrons. The van der Waals surface area contributed by atoms with Crippen molar-refractivity contribution in [3.05, 3.63) is 159 Å². The monoisotopic (exact) mass is 1630 g/mol. The van der Waals surface area contributed by atoms with Crippen LogP contribution in [0.4, 0.5) is 0 Å². The molecule has 1 unspecified atom stereocenters. The molecule has 1 atom stereocenters. The molecule has 8 aromatic heterocycles. The number of hydrogen-bond acceptors (Lipinski definition) is 21. The molecule has 4 aliphatic carbocycles. The third kappa shape index (κ3) is 21.2. The van der Waals surface area contributed by atoms with Crippen molar-refractivity contribution in [3.8, 4) is 22.8 Å². The standard InChI is InChI=1S/C17H23N3.2C16H21N4.C16H22N2O2.C9H12N2O2.C6H5ClN2O2.Pt/c1-11(2)14-8-15(20-10-19-14)13-9-18-16-12(13)6-5-7-17(16,3)4;2*1-10(2)12-8-13(18-9-17-12)14-11-6-5-7-16(3,4)15(11)20-19-14;1-10(2)12-8-13(18-9-17-12)14(19)11-6-5-7-16(3,4)15(11)20;1-6(2)7-4-8(9(12)13-3)11-5-10-7;1-11-6(10)4-2-5(7)9-3-8-4;/h8,10-11H,5-7,9H2,1-4H3;2*8-10H,5-7H2,1-4H3;8-11H,5-7H2,1-4H3;4-6H,1-3H3;2-3H,1H3;/q;2*-1;;;;+2. The summed E-state index contributed by atoms with van der Waals surface area (Å²) in [5, 5.41) is 18.0. The molecule has 0 spiro atoms. The molecule has 1 aliphatic heterocycles. The number of ketones is 2. The molecule has 2 saturated carbocycles. The SMILES string of the molecule is CC(C)c1cc(-c2[n-]nc3c2CCCC3(C)C)ncn1.CC(C)c1cc(-c2[n-]nc3c2CCCC3(C)C)ncn1.CC(C)c1cc(C(=O)C2CCCC(C)(C)C2=O)ncn1.CC(C)c1cc(C2=C3CCCC(C)(C)C3=NC2)ncn1.COC(=O)c1cc(C(C)C)ncn1.COC(=O)c1cc(Cl)ncn1.[Pt+2]. The number of hydrogen-bond donors (Lipinski definition) is 0. The second-order valence-electron chi connectivity index (χ2n) is 31.3. The first-order valence-corrected chi connectivity index (χ1v) is 36.7. The van der Waals surface area contributed by atoms with Gasteiger partial charge in [0.1, 0.15) is 54.6 Å². The summed E-state index contributed by atoms with van der Waals surface area (Å²) in [7, 11) is 2.61. The molecule has 8 aromatic rings. The van der Waals surface area contributed by atoms with Crippen molar-refractivity contribution in [2.24, 2.45) is 21.7 Å². The zero-order chi connectivity index (χ0) is 76.0. The Morgan fingerprint density at radius 2 is 0.819 bits per heavy atom. The number of esters is 2. The number of fused-ring (bicyclic) bond motifs is 3. The van der Waals surface area contributed by atoms with Gasteiger partial charge in [-0.05, 0) is 147 Å². The average molecular weight is 1630 g/mol. The summed E-state index contributed by atoms with van der Waals surface area (Å²) >= 11 is 5.49.